The van der Waals surface area contributed by atoms with Crippen LogP contribution in [-0.4, -0.2) is 4.98 Å². The number of rotatable bonds is 1. The Morgan fingerprint density at radius 1 is 1.36 bits per heavy atom. The van der Waals surface area contributed by atoms with Gasteiger partial charge in [-0.2, -0.15) is 0 Å². The number of hydrogen-bond donors (Lipinski definition) is 0. The summed E-state index contributed by atoms with van der Waals surface area (Å²) < 4.78 is 5.15. The molecule has 14 heavy (non-hydrogen) atoms. The molecule has 0 unspecified atom stereocenters. The average Bonchev–Trinajstić information content (AvgIpc) is 2.51. The molecule has 0 spiro atoms. The Labute approximate surface area is 96.5 Å². The third-order valence-corrected chi connectivity index (χ3v) is 2.27. The van der Waals surface area contributed by atoms with Gasteiger partial charge in [0.2, 0.25) is 0 Å². The molecule has 1 aromatic heterocycles. The standard InChI is InChI=1S/C11H12NO.Rh/c1-7(2)9-4-8(3)11-10(5-9)13-6-12-11;/h4-5,7H,1-3H3;/q-1;. The molecule has 1 heterocycles. The van der Waals surface area contributed by atoms with E-state index in [1.807, 2.05) is 13.0 Å². The summed E-state index contributed by atoms with van der Waals surface area (Å²) in [6.07, 6.45) is 2.52. The zero-order valence-corrected chi connectivity index (χ0v) is 10.1. The molecule has 2 nitrogen and oxygen atoms in total. The Morgan fingerprint density at radius 3 is 2.71 bits per heavy atom. The molecule has 1 radical (unpaired) electrons. The summed E-state index contributed by atoms with van der Waals surface area (Å²) in [7, 11) is 0. The number of oxazole rings is 1. The molecule has 2 aromatic rings. The Hall–Kier alpha value is -0.687. The van der Waals surface area contributed by atoms with E-state index in [0.717, 1.165) is 16.7 Å². The van der Waals surface area contributed by atoms with Crippen molar-refractivity contribution in [2.24, 2.45) is 0 Å². The SMILES string of the molecule is Cc1cc(C(C)C)cc2o[c-]nc12.[Rh]. The smallest absolute Gasteiger partial charge is 0.103 e. The minimum Gasteiger partial charge on any atom is -0.573 e. The van der Waals surface area contributed by atoms with Gasteiger partial charge in [-0.3, -0.25) is 0 Å². The summed E-state index contributed by atoms with van der Waals surface area (Å²) in [6, 6.07) is 4.19. The van der Waals surface area contributed by atoms with Gasteiger partial charge in [0, 0.05) is 19.5 Å². The van der Waals surface area contributed by atoms with Crippen molar-refractivity contribution >= 4 is 11.1 Å². The van der Waals surface area contributed by atoms with Crippen molar-refractivity contribution in [2.45, 2.75) is 26.7 Å². The van der Waals surface area contributed by atoms with Gasteiger partial charge in [0.1, 0.15) is 6.39 Å². The topological polar surface area (TPSA) is 26.0 Å². The second-order valence-corrected chi connectivity index (χ2v) is 3.64. The van der Waals surface area contributed by atoms with E-state index in [9.17, 15) is 0 Å². The molecule has 77 valence electrons. The quantitative estimate of drug-likeness (QED) is 0.591. The van der Waals surface area contributed by atoms with Crippen LogP contribution in [0.4, 0.5) is 0 Å². The molecule has 0 N–H and O–H groups in total. The normalized spacial score (nSPS) is 10.6. The number of nitrogens with zero attached hydrogens (tertiary/aromatic N) is 1. The van der Waals surface area contributed by atoms with E-state index < -0.39 is 0 Å². The first-order valence-electron chi connectivity index (χ1n) is 4.45. The fourth-order valence-electron chi connectivity index (χ4n) is 1.45. The van der Waals surface area contributed by atoms with Crippen LogP contribution in [0.2, 0.25) is 0 Å². The monoisotopic (exact) mass is 277 g/mol. The minimum atomic E-state index is 0. The maximum atomic E-state index is 5.15. The zero-order chi connectivity index (χ0) is 9.42. The van der Waals surface area contributed by atoms with Crippen molar-refractivity contribution in [2.75, 3.05) is 0 Å². The number of aromatic nitrogens is 1. The van der Waals surface area contributed by atoms with Gasteiger partial charge in [0.05, 0.1) is 0 Å². The maximum absolute atomic E-state index is 5.15. The number of hydrogen-bond acceptors (Lipinski definition) is 2. The predicted octanol–water partition coefficient (Wildman–Crippen LogP) is 3.06. The van der Waals surface area contributed by atoms with Gasteiger partial charge in [-0.05, 0) is 17.0 Å². The molecule has 0 atom stereocenters. The molecule has 2 rings (SSSR count). The van der Waals surface area contributed by atoms with Crippen LogP contribution < -0.4 is 0 Å². The van der Waals surface area contributed by atoms with E-state index in [-0.39, 0.29) is 19.5 Å². The molecule has 3 heteroatoms. The molecule has 0 fully saturated rings. The Morgan fingerprint density at radius 2 is 2.07 bits per heavy atom. The Kier molecular flexibility index (Phi) is 3.44. The summed E-state index contributed by atoms with van der Waals surface area (Å²) in [5.74, 6) is 0.521. The van der Waals surface area contributed by atoms with E-state index in [4.69, 9.17) is 4.42 Å². The largest absolute Gasteiger partial charge is 0.573 e. The number of fused-ring (bicyclic) bond motifs is 1. The van der Waals surface area contributed by atoms with Gasteiger partial charge in [-0.15, -0.1) is 0 Å². The van der Waals surface area contributed by atoms with Crippen LogP contribution in [0.25, 0.3) is 11.1 Å². The fourth-order valence-corrected chi connectivity index (χ4v) is 1.45. The van der Waals surface area contributed by atoms with Gasteiger partial charge in [-0.1, -0.05) is 44.0 Å². The summed E-state index contributed by atoms with van der Waals surface area (Å²) in [5, 5.41) is 0. The van der Waals surface area contributed by atoms with E-state index >= 15 is 0 Å². The summed E-state index contributed by atoms with van der Waals surface area (Å²) in [4.78, 5) is 4.03. The first-order chi connectivity index (χ1) is 6.18. The van der Waals surface area contributed by atoms with Crippen molar-refractivity contribution < 1.29 is 23.9 Å². The molecule has 0 aliphatic rings. The summed E-state index contributed by atoms with van der Waals surface area (Å²) >= 11 is 0. The first-order valence-corrected chi connectivity index (χ1v) is 4.45. The van der Waals surface area contributed by atoms with E-state index in [1.165, 1.54) is 5.56 Å². The third-order valence-electron chi connectivity index (χ3n) is 2.27. The second-order valence-electron chi connectivity index (χ2n) is 3.64. The van der Waals surface area contributed by atoms with Crippen molar-refractivity contribution in [1.29, 1.82) is 0 Å². The van der Waals surface area contributed by atoms with Crippen LogP contribution in [0.1, 0.15) is 30.9 Å². The Balaban J connectivity index is 0.000000980. The molecule has 0 bridgehead atoms. The molecule has 0 aliphatic carbocycles. The predicted molar refractivity (Wildman–Crippen MR) is 51.7 cm³/mol. The zero-order valence-electron chi connectivity index (χ0n) is 8.42. The molecular formula is C11H12NORh-. The van der Waals surface area contributed by atoms with Gasteiger partial charge < -0.3 is 9.40 Å². The maximum Gasteiger partial charge on any atom is 0.103 e. The van der Waals surface area contributed by atoms with Crippen molar-refractivity contribution in [1.82, 2.24) is 4.98 Å². The fraction of sp³-hybridized carbons (Fsp3) is 0.364. The molecular weight excluding hydrogens is 265 g/mol. The molecule has 0 amide bonds. The number of benzene rings is 1. The molecule has 0 aliphatic heterocycles. The molecule has 1 aromatic carbocycles. The van der Waals surface area contributed by atoms with E-state index in [2.05, 4.69) is 31.3 Å². The van der Waals surface area contributed by atoms with Crippen LogP contribution in [0.5, 0.6) is 0 Å². The average molecular weight is 277 g/mol. The summed E-state index contributed by atoms with van der Waals surface area (Å²) in [5.41, 5.74) is 4.20. The number of aryl methyl sites for hydroxylation is 1. The van der Waals surface area contributed by atoms with E-state index in [0.29, 0.717) is 5.92 Å². The summed E-state index contributed by atoms with van der Waals surface area (Å²) in [6.45, 7) is 6.38. The van der Waals surface area contributed by atoms with Crippen LogP contribution in [-0.2, 0) is 19.5 Å². The van der Waals surface area contributed by atoms with Gasteiger partial charge in [0.15, 0.2) is 0 Å². The molecule has 0 saturated carbocycles. The second kappa shape index (κ2) is 4.23. The van der Waals surface area contributed by atoms with Crippen molar-refractivity contribution in [3.63, 3.8) is 0 Å². The van der Waals surface area contributed by atoms with Gasteiger partial charge in [0.25, 0.3) is 0 Å². The van der Waals surface area contributed by atoms with Crippen LogP contribution in [0, 0.1) is 13.3 Å². The van der Waals surface area contributed by atoms with Gasteiger partial charge in [-0.25, -0.2) is 0 Å². The minimum absolute atomic E-state index is 0. The van der Waals surface area contributed by atoms with Gasteiger partial charge >= 0.3 is 0 Å². The van der Waals surface area contributed by atoms with Crippen LogP contribution in [0.3, 0.4) is 0 Å². The third kappa shape index (κ3) is 1.88. The molecule has 0 saturated heterocycles. The first kappa shape index (κ1) is 11.4. The van der Waals surface area contributed by atoms with Crippen molar-refractivity contribution in [3.05, 3.63) is 29.7 Å². The van der Waals surface area contributed by atoms with Crippen LogP contribution in [0.15, 0.2) is 16.5 Å². The Bertz CT molecular complexity index is 434. The van der Waals surface area contributed by atoms with Crippen molar-refractivity contribution in [3.8, 4) is 0 Å². The van der Waals surface area contributed by atoms with E-state index in [1.54, 1.807) is 0 Å². The van der Waals surface area contributed by atoms with Crippen LogP contribution >= 0.6 is 0 Å².